The summed E-state index contributed by atoms with van der Waals surface area (Å²) < 4.78 is 13.3. The average molecular weight is 321 g/mol. The van der Waals surface area contributed by atoms with Crippen molar-refractivity contribution in [2.75, 3.05) is 13.2 Å². The summed E-state index contributed by atoms with van der Waals surface area (Å²) in [5, 5.41) is 1.50. The second kappa shape index (κ2) is 6.36. The van der Waals surface area contributed by atoms with Crippen LogP contribution in [0.5, 0.6) is 0 Å². The van der Waals surface area contributed by atoms with Gasteiger partial charge in [0, 0.05) is 17.9 Å². The van der Waals surface area contributed by atoms with E-state index in [9.17, 15) is 0 Å². The molecule has 2 atom stereocenters. The van der Waals surface area contributed by atoms with E-state index >= 15 is 0 Å². The van der Waals surface area contributed by atoms with Gasteiger partial charge in [-0.25, -0.2) is 0 Å². The predicted octanol–water partition coefficient (Wildman–Crippen LogP) is 3.50. The molecule has 2 heterocycles. The third-order valence-electron chi connectivity index (χ3n) is 5.54. The summed E-state index contributed by atoms with van der Waals surface area (Å²) in [6, 6.07) is 13.7. The van der Waals surface area contributed by atoms with Crippen LogP contribution in [0.1, 0.15) is 39.5 Å². The molecule has 1 aromatic carbocycles. The molecule has 1 aromatic rings. The van der Waals surface area contributed by atoms with Crippen molar-refractivity contribution in [1.29, 1.82) is 0 Å². The lowest BCUT2D eigenvalue weighted by atomic mass is 10.3. The Bertz CT molecular complexity index is 449. The summed E-state index contributed by atoms with van der Waals surface area (Å²) in [5.74, 6) is 0. The molecule has 2 aliphatic rings. The Hall–Kier alpha value is -0.426. The molecule has 116 valence electrons. The van der Waals surface area contributed by atoms with E-state index in [-0.39, 0.29) is 4.66 Å². The third-order valence-corrected chi connectivity index (χ3v) is 16.2. The maximum Gasteiger partial charge on any atom is 0.229 e. The van der Waals surface area contributed by atoms with Gasteiger partial charge in [-0.05, 0) is 30.1 Å². The van der Waals surface area contributed by atoms with Crippen LogP contribution in [0.4, 0.5) is 0 Å². The van der Waals surface area contributed by atoms with Crippen LogP contribution in [0.25, 0.3) is 0 Å². The molecular weight excluding hydrogens is 292 g/mol. The lowest BCUT2D eigenvalue weighted by Gasteiger charge is -2.50. The SMILES string of the molecule is CC(C)([SiH]1CCCCO1)[Si]1(c2ccccc2)CCCCO1. The zero-order valence-corrected chi connectivity index (χ0v) is 15.6. The monoisotopic (exact) mass is 320 g/mol. The summed E-state index contributed by atoms with van der Waals surface area (Å²) in [6.07, 6.45) is 5.16. The minimum absolute atomic E-state index is 0.273. The maximum absolute atomic E-state index is 6.66. The van der Waals surface area contributed by atoms with Gasteiger partial charge in [0.05, 0.1) is 0 Å². The Morgan fingerprint density at radius 2 is 1.76 bits per heavy atom. The molecule has 0 bridgehead atoms. The van der Waals surface area contributed by atoms with Crippen molar-refractivity contribution in [1.82, 2.24) is 0 Å². The largest absolute Gasteiger partial charge is 0.420 e. The predicted molar refractivity (Wildman–Crippen MR) is 93.0 cm³/mol. The molecule has 2 aliphatic heterocycles. The maximum atomic E-state index is 6.66. The summed E-state index contributed by atoms with van der Waals surface area (Å²) in [4.78, 5) is 0. The number of rotatable bonds is 3. The topological polar surface area (TPSA) is 18.5 Å². The molecule has 0 saturated carbocycles. The van der Waals surface area contributed by atoms with E-state index in [0.717, 1.165) is 13.2 Å². The lowest BCUT2D eigenvalue weighted by molar-refractivity contribution is 0.245. The fraction of sp³-hybridized carbons (Fsp3) is 0.647. The first kappa shape index (κ1) is 15.5. The standard InChI is InChI=1S/C17H28O2Si2/c1-17(2,20-14-8-6-12-18-20)21(15-9-7-13-19-21)16-10-4-3-5-11-16/h3-5,10-11,20H,6-9,12-15H2,1-2H3. The van der Waals surface area contributed by atoms with Crippen molar-refractivity contribution in [2.24, 2.45) is 0 Å². The van der Waals surface area contributed by atoms with Crippen LogP contribution < -0.4 is 5.19 Å². The number of hydrogen-bond acceptors (Lipinski definition) is 2. The Balaban J connectivity index is 1.98. The summed E-state index contributed by atoms with van der Waals surface area (Å²) in [6.45, 7) is 6.88. The van der Waals surface area contributed by atoms with E-state index in [1.807, 2.05) is 0 Å². The highest BCUT2D eigenvalue weighted by Crippen LogP contribution is 2.47. The first-order chi connectivity index (χ1) is 10.2. The number of hydrogen-bond donors (Lipinski definition) is 0. The van der Waals surface area contributed by atoms with Crippen molar-refractivity contribution in [3.63, 3.8) is 0 Å². The van der Waals surface area contributed by atoms with Gasteiger partial charge < -0.3 is 8.85 Å². The molecule has 2 nitrogen and oxygen atoms in total. The van der Waals surface area contributed by atoms with Crippen LogP contribution in [-0.2, 0) is 8.85 Å². The molecule has 2 unspecified atom stereocenters. The van der Waals surface area contributed by atoms with Crippen molar-refractivity contribution >= 4 is 22.5 Å². The van der Waals surface area contributed by atoms with E-state index in [1.54, 1.807) is 0 Å². The highest BCUT2D eigenvalue weighted by molar-refractivity contribution is 6.97. The Morgan fingerprint density at radius 3 is 2.38 bits per heavy atom. The fourth-order valence-electron chi connectivity index (χ4n) is 4.18. The lowest BCUT2D eigenvalue weighted by Crippen LogP contribution is -2.65. The van der Waals surface area contributed by atoms with E-state index in [0.29, 0.717) is 0 Å². The van der Waals surface area contributed by atoms with Gasteiger partial charge in [0.1, 0.15) is 0 Å². The second-order valence-electron chi connectivity index (χ2n) is 7.08. The molecule has 0 aliphatic carbocycles. The normalized spacial score (nSPS) is 31.0. The molecule has 4 heteroatoms. The van der Waals surface area contributed by atoms with Gasteiger partial charge in [-0.2, -0.15) is 0 Å². The highest BCUT2D eigenvalue weighted by Gasteiger charge is 2.56. The van der Waals surface area contributed by atoms with Crippen LogP contribution in [0, 0.1) is 0 Å². The first-order valence-corrected chi connectivity index (χ1v) is 12.5. The second-order valence-corrected chi connectivity index (χ2v) is 15.3. The van der Waals surface area contributed by atoms with Crippen LogP contribution in [-0.4, -0.2) is 30.6 Å². The highest BCUT2D eigenvalue weighted by atomic mass is 28.4. The molecule has 0 aromatic heterocycles. The first-order valence-electron chi connectivity index (χ1n) is 8.48. The van der Waals surface area contributed by atoms with E-state index in [2.05, 4.69) is 44.2 Å². The van der Waals surface area contributed by atoms with Crippen molar-refractivity contribution in [2.45, 2.75) is 56.3 Å². The van der Waals surface area contributed by atoms with Crippen LogP contribution in [0.3, 0.4) is 0 Å². The smallest absolute Gasteiger partial charge is 0.229 e. The van der Waals surface area contributed by atoms with Crippen molar-refractivity contribution in [3.05, 3.63) is 30.3 Å². The minimum atomic E-state index is -1.94. The quantitative estimate of drug-likeness (QED) is 0.794. The van der Waals surface area contributed by atoms with Crippen molar-refractivity contribution in [3.8, 4) is 0 Å². The van der Waals surface area contributed by atoms with E-state index in [4.69, 9.17) is 8.85 Å². The zero-order chi connectivity index (χ0) is 14.8. The average Bonchev–Trinajstić information content (AvgIpc) is 2.57. The van der Waals surface area contributed by atoms with Crippen LogP contribution >= 0.6 is 0 Å². The molecule has 3 rings (SSSR count). The molecule has 2 saturated heterocycles. The van der Waals surface area contributed by atoms with E-state index in [1.165, 1.54) is 43.0 Å². The van der Waals surface area contributed by atoms with Gasteiger partial charge in [-0.1, -0.05) is 57.0 Å². The Morgan fingerprint density at radius 1 is 1.00 bits per heavy atom. The molecule has 0 spiro atoms. The molecule has 0 amide bonds. The molecule has 21 heavy (non-hydrogen) atoms. The number of benzene rings is 1. The Labute approximate surface area is 131 Å². The van der Waals surface area contributed by atoms with Gasteiger partial charge in [0.15, 0.2) is 9.04 Å². The van der Waals surface area contributed by atoms with Gasteiger partial charge in [-0.3, -0.25) is 0 Å². The third kappa shape index (κ3) is 2.79. The zero-order valence-electron chi connectivity index (χ0n) is 13.4. The van der Waals surface area contributed by atoms with Crippen molar-refractivity contribution < 1.29 is 8.85 Å². The molecule has 0 N–H and O–H groups in total. The minimum Gasteiger partial charge on any atom is -0.420 e. The van der Waals surface area contributed by atoms with Gasteiger partial charge >= 0.3 is 0 Å². The summed E-state index contributed by atoms with van der Waals surface area (Å²) in [7, 11) is -3.15. The van der Waals surface area contributed by atoms with E-state index < -0.39 is 17.4 Å². The van der Waals surface area contributed by atoms with Gasteiger partial charge in [0.2, 0.25) is 8.32 Å². The molecular formula is C17H28O2Si2. The summed E-state index contributed by atoms with van der Waals surface area (Å²) >= 11 is 0. The van der Waals surface area contributed by atoms with Crippen LogP contribution in [0.2, 0.25) is 16.7 Å². The molecule has 2 fully saturated rings. The summed E-state index contributed by atoms with van der Waals surface area (Å²) in [5.41, 5.74) is 0. The van der Waals surface area contributed by atoms with Gasteiger partial charge in [0.25, 0.3) is 0 Å². The fourth-order valence-corrected chi connectivity index (χ4v) is 14.9. The van der Waals surface area contributed by atoms with Gasteiger partial charge in [-0.15, -0.1) is 0 Å². The van der Waals surface area contributed by atoms with Crippen LogP contribution in [0.15, 0.2) is 30.3 Å². The Kier molecular flexibility index (Phi) is 4.69. The molecule has 0 radical (unpaired) electrons.